The second kappa shape index (κ2) is 5.02. The van der Waals surface area contributed by atoms with Gasteiger partial charge in [0.05, 0.1) is 5.92 Å². The van der Waals surface area contributed by atoms with E-state index in [0.29, 0.717) is 24.9 Å². The van der Waals surface area contributed by atoms with Gasteiger partial charge in [-0.15, -0.1) is 0 Å². The molecule has 0 heterocycles. The summed E-state index contributed by atoms with van der Waals surface area (Å²) in [5, 5.41) is 8.80. The van der Waals surface area contributed by atoms with Crippen LogP contribution in [0, 0.1) is 17.6 Å². The van der Waals surface area contributed by atoms with Gasteiger partial charge in [-0.05, 0) is 43.7 Å². The van der Waals surface area contributed by atoms with E-state index < -0.39 is 17.6 Å². The molecule has 3 nitrogen and oxygen atoms in total. The summed E-state index contributed by atoms with van der Waals surface area (Å²) in [6, 6.07) is 3.41. The predicted molar refractivity (Wildman–Crippen MR) is 62.2 cm³/mol. The molecule has 0 saturated heterocycles. The summed E-state index contributed by atoms with van der Waals surface area (Å²) in [5.74, 6) is -1.98. The summed E-state index contributed by atoms with van der Waals surface area (Å²) in [4.78, 5) is 12.6. The van der Waals surface area contributed by atoms with Crippen LogP contribution in [0.2, 0.25) is 0 Å². The van der Waals surface area contributed by atoms with Gasteiger partial charge in [0.1, 0.15) is 11.6 Å². The lowest BCUT2D eigenvalue weighted by Gasteiger charge is -2.16. The van der Waals surface area contributed by atoms with Gasteiger partial charge in [-0.2, -0.15) is 0 Å². The van der Waals surface area contributed by atoms with Gasteiger partial charge in [-0.25, -0.2) is 8.78 Å². The fourth-order valence-corrected chi connectivity index (χ4v) is 2.13. The molecular weight excluding hydrogens is 240 g/mol. The first-order chi connectivity index (χ1) is 8.49. The second-order valence-electron chi connectivity index (χ2n) is 4.71. The minimum Gasteiger partial charge on any atom is -0.481 e. The standard InChI is InChI=1S/C13H15F2NO2/c1-16(12-7-10(12)13(17)18)5-4-8-6-9(14)2-3-11(8)15/h2-3,6,10,12H,4-5,7H2,1H3,(H,17,18). The molecule has 1 aliphatic rings. The van der Waals surface area contributed by atoms with Crippen molar-refractivity contribution in [1.29, 1.82) is 0 Å². The molecule has 1 saturated carbocycles. The van der Waals surface area contributed by atoms with Crippen LogP contribution in [-0.2, 0) is 11.2 Å². The Morgan fingerprint density at radius 1 is 1.50 bits per heavy atom. The van der Waals surface area contributed by atoms with Gasteiger partial charge >= 0.3 is 5.97 Å². The van der Waals surface area contributed by atoms with Crippen LogP contribution in [0.3, 0.4) is 0 Å². The minimum atomic E-state index is -0.788. The number of carbonyl (C=O) groups is 1. The fraction of sp³-hybridized carbons (Fsp3) is 0.462. The molecular formula is C13H15F2NO2. The first-order valence-electron chi connectivity index (χ1n) is 5.86. The largest absolute Gasteiger partial charge is 0.481 e. The van der Waals surface area contributed by atoms with Crippen molar-refractivity contribution in [3.63, 3.8) is 0 Å². The molecule has 1 aromatic rings. The molecule has 0 aliphatic heterocycles. The van der Waals surface area contributed by atoms with Gasteiger partial charge in [0, 0.05) is 12.6 Å². The van der Waals surface area contributed by atoms with Crippen molar-refractivity contribution in [3.8, 4) is 0 Å². The molecule has 0 bridgehead atoms. The first-order valence-corrected chi connectivity index (χ1v) is 5.86. The van der Waals surface area contributed by atoms with Crippen LogP contribution in [0.1, 0.15) is 12.0 Å². The topological polar surface area (TPSA) is 40.5 Å². The van der Waals surface area contributed by atoms with E-state index >= 15 is 0 Å². The number of carboxylic acids is 1. The number of hydrogen-bond donors (Lipinski definition) is 1. The predicted octanol–water partition coefficient (Wildman–Crippen LogP) is 1.91. The summed E-state index contributed by atoms with van der Waals surface area (Å²) in [5.41, 5.74) is 0.328. The number of rotatable bonds is 5. The maximum atomic E-state index is 13.4. The van der Waals surface area contributed by atoms with E-state index in [1.54, 1.807) is 0 Å². The zero-order valence-electron chi connectivity index (χ0n) is 10.1. The van der Waals surface area contributed by atoms with Gasteiger partial charge in [0.2, 0.25) is 0 Å². The summed E-state index contributed by atoms with van der Waals surface area (Å²) in [6.45, 7) is 0.523. The molecule has 1 fully saturated rings. The Morgan fingerprint density at radius 2 is 2.22 bits per heavy atom. The zero-order chi connectivity index (χ0) is 13.3. The minimum absolute atomic E-state index is 0.0270. The molecule has 0 amide bonds. The molecule has 2 rings (SSSR count). The van der Waals surface area contributed by atoms with E-state index in [1.165, 1.54) is 6.07 Å². The van der Waals surface area contributed by atoms with E-state index in [2.05, 4.69) is 0 Å². The van der Waals surface area contributed by atoms with Crippen molar-refractivity contribution in [1.82, 2.24) is 4.90 Å². The van der Waals surface area contributed by atoms with E-state index in [4.69, 9.17) is 5.11 Å². The highest BCUT2D eigenvalue weighted by molar-refractivity contribution is 5.74. The van der Waals surface area contributed by atoms with Crippen molar-refractivity contribution in [2.75, 3.05) is 13.6 Å². The van der Waals surface area contributed by atoms with Gasteiger partial charge < -0.3 is 10.0 Å². The van der Waals surface area contributed by atoms with E-state index in [0.717, 1.165) is 12.1 Å². The van der Waals surface area contributed by atoms with Crippen LogP contribution in [0.25, 0.3) is 0 Å². The van der Waals surface area contributed by atoms with Gasteiger partial charge in [-0.3, -0.25) is 4.79 Å². The van der Waals surface area contributed by atoms with E-state index in [9.17, 15) is 13.6 Å². The lowest BCUT2D eigenvalue weighted by Crippen LogP contribution is -2.26. The number of likely N-dealkylation sites (N-methyl/N-ethyl adjacent to an activating group) is 1. The molecule has 18 heavy (non-hydrogen) atoms. The molecule has 0 aromatic heterocycles. The Kier molecular flexibility index (Phi) is 3.61. The van der Waals surface area contributed by atoms with Crippen molar-refractivity contribution < 1.29 is 18.7 Å². The van der Waals surface area contributed by atoms with E-state index in [1.807, 2.05) is 11.9 Å². The molecule has 0 radical (unpaired) electrons. The molecule has 0 spiro atoms. The molecule has 2 atom stereocenters. The summed E-state index contributed by atoms with van der Waals surface area (Å²) in [6.07, 6.45) is 1.01. The highest BCUT2D eigenvalue weighted by Gasteiger charge is 2.45. The maximum Gasteiger partial charge on any atom is 0.308 e. The number of aliphatic carboxylic acids is 1. The van der Waals surface area contributed by atoms with Crippen LogP contribution < -0.4 is 0 Å². The highest BCUT2D eigenvalue weighted by Crippen LogP contribution is 2.35. The van der Waals surface area contributed by atoms with Gasteiger partial charge in [0.25, 0.3) is 0 Å². The van der Waals surface area contributed by atoms with Gasteiger partial charge in [0.15, 0.2) is 0 Å². The smallest absolute Gasteiger partial charge is 0.308 e. The van der Waals surface area contributed by atoms with Crippen molar-refractivity contribution in [2.24, 2.45) is 5.92 Å². The van der Waals surface area contributed by atoms with Crippen LogP contribution in [0.4, 0.5) is 8.78 Å². The summed E-state index contributed by atoms with van der Waals surface area (Å²) in [7, 11) is 1.81. The number of halogens is 2. The monoisotopic (exact) mass is 255 g/mol. The van der Waals surface area contributed by atoms with Crippen molar-refractivity contribution in [2.45, 2.75) is 18.9 Å². The van der Waals surface area contributed by atoms with Crippen LogP contribution >= 0.6 is 0 Å². The van der Waals surface area contributed by atoms with Gasteiger partial charge in [-0.1, -0.05) is 0 Å². The SMILES string of the molecule is CN(CCc1cc(F)ccc1F)C1CC1C(=O)O. The third kappa shape index (κ3) is 2.85. The quantitative estimate of drug-likeness (QED) is 0.873. The molecule has 98 valence electrons. The van der Waals surface area contributed by atoms with Crippen LogP contribution in [0.15, 0.2) is 18.2 Å². The van der Waals surface area contributed by atoms with Crippen LogP contribution in [0.5, 0.6) is 0 Å². The maximum absolute atomic E-state index is 13.4. The Labute approximate surface area is 104 Å². The Bertz CT molecular complexity index is 464. The fourth-order valence-electron chi connectivity index (χ4n) is 2.13. The third-order valence-electron chi connectivity index (χ3n) is 3.38. The van der Waals surface area contributed by atoms with Crippen molar-refractivity contribution >= 4 is 5.97 Å². The number of carboxylic acid groups (broad SMARTS) is 1. The van der Waals surface area contributed by atoms with Crippen LogP contribution in [-0.4, -0.2) is 35.6 Å². The molecule has 1 aliphatic carbocycles. The Balaban J connectivity index is 1.88. The third-order valence-corrected chi connectivity index (χ3v) is 3.38. The average Bonchev–Trinajstić information content (AvgIpc) is 3.10. The zero-order valence-corrected chi connectivity index (χ0v) is 10.1. The van der Waals surface area contributed by atoms with E-state index in [-0.39, 0.29) is 12.0 Å². The molecule has 2 unspecified atom stereocenters. The molecule has 1 aromatic carbocycles. The Hall–Kier alpha value is -1.49. The first kappa shape index (κ1) is 13.0. The summed E-state index contributed by atoms with van der Waals surface area (Å²) >= 11 is 0. The Morgan fingerprint density at radius 3 is 2.83 bits per heavy atom. The number of nitrogens with zero attached hydrogens (tertiary/aromatic N) is 1. The highest BCUT2D eigenvalue weighted by atomic mass is 19.1. The lowest BCUT2D eigenvalue weighted by molar-refractivity contribution is -0.138. The normalized spacial score (nSPS) is 22.2. The lowest BCUT2D eigenvalue weighted by atomic mass is 10.1. The second-order valence-corrected chi connectivity index (χ2v) is 4.71. The molecule has 5 heteroatoms. The average molecular weight is 255 g/mol. The van der Waals surface area contributed by atoms with Crippen molar-refractivity contribution in [3.05, 3.63) is 35.4 Å². The molecule has 1 N–H and O–H groups in total. The summed E-state index contributed by atoms with van der Waals surface area (Å²) < 4.78 is 26.3. The number of hydrogen-bond acceptors (Lipinski definition) is 2. The number of benzene rings is 1.